The second-order valence-electron chi connectivity index (χ2n) is 23.4. The van der Waals surface area contributed by atoms with E-state index in [9.17, 15) is 97.8 Å². The zero-order valence-electron chi connectivity index (χ0n) is 54.0. The first-order valence-corrected chi connectivity index (χ1v) is 38.6. The van der Waals surface area contributed by atoms with Crippen LogP contribution in [0.1, 0.15) is 57.1 Å². The molecule has 4 aliphatic heterocycles. The number of aliphatic hydroxyl groups excluding tert-OH is 1. The molecule has 20 N–H and O–H groups in total. The Kier molecular flexibility index (Phi) is 32.1. The number of aliphatic carboxylic acids is 3. The number of aromatic hydroxyl groups is 2. The van der Waals surface area contributed by atoms with Gasteiger partial charge in [-0.15, -0.1) is 0 Å². The van der Waals surface area contributed by atoms with Gasteiger partial charge in [-0.05, 0) is 68.5 Å². The number of phenols is 2. The van der Waals surface area contributed by atoms with Crippen molar-refractivity contribution in [2.75, 3.05) is 47.6 Å². The van der Waals surface area contributed by atoms with Crippen LogP contribution < -0.4 is 69.5 Å². The Labute approximate surface area is 600 Å². The Bertz CT molecular complexity index is 3400. The van der Waals surface area contributed by atoms with Crippen LogP contribution in [0.15, 0.2) is 48.5 Å². The molecular formula is C59H78N14O22S6. The van der Waals surface area contributed by atoms with Gasteiger partial charge in [0.1, 0.15) is 84.0 Å². The summed E-state index contributed by atoms with van der Waals surface area (Å²) in [6.45, 7) is 1.11. The van der Waals surface area contributed by atoms with E-state index in [0.717, 1.165) is 76.6 Å². The van der Waals surface area contributed by atoms with Gasteiger partial charge in [0.25, 0.3) is 0 Å². The van der Waals surface area contributed by atoms with Crippen LogP contribution in [0.25, 0.3) is 0 Å². The van der Waals surface area contributed by atoms with Crippen LogP contribution in [0.2, 0.25) is 0 Å². The van der Waals surface area contributed by atoms with Crippen molar-refractivity contribution in [3.8, 4) is 11.5 Å². The van der Waals surface area contributed by atoms with Crippen LogP contribution in [0, 0.1) is 0 Å². The highest BCUT2D eigenvalue weighted by Crippen LogP contribution is 2.28. The van der Waals surface area contributed by atoms with Crippen LogP contribution in [0.4, 0.5) is 0 Å². The summed E-state index contributed by atoms with van der Waals surface area (Å²) in [5.41, 5.74) is 6.97. The number of hydrogen-bond acceptors (Lipinski definition) is 26. The molecule has 4 aliphatic rings. The van der Waals surface area contributed by atoms with Gasteiger partial charge < -0.3 is 105 Å². The van der Waals surface area contributed by atoms with Crippen molar-refractivity contribution in [3.05, 3.63) is 59.7 Å². The molecule has 2 aromatic rings. The molecule has 552 valence electrons. The Morgan fingerprint density at radius 2 is 1.04 bits per heavy atom. The average Bonchev–Trinajstić information content (AvgIpc) is 1.75. The summed E-state index contributed by atoms with van der Waals surface area (Å²) in [5, 5.41) is 90.4. The van der Waals surface area contributed by atoms with Gasteiger partial charge in [0.15, 0.2) is 0 Å². The molecule has 13 amide bonds. The Morgan fingerprint density at radius 3 is 1.59 bits per heavy atom. The van der Waals surface area contributed by atoms with Crippen molar-refractivity contribution in [2.24, 2.45) is 5.73 Å². The number of carbonyl (C=O) groups excluding carboxylic acids is 13. The molecule has 2 aromatic carbocycles. The maximum absolute atomic E-state index is 15.1. The molecule has 6 rings (SSSR count). The summed E-state index contributed by atoms with van der Waals surface area (Å²) in [6.07, 6.45) is -5.03. The maximum Gasteiger partial charge on any atom is 0.326 e. The predicted octanol–water partition coefficient (Wildman–Crippen LogP) is -5.34. The van der Waals surface area contributed by atoms with Crippen molar-refractivity contribution < 1.29 is 107 Å². The molecule has 0 aromatic heterocycles. The van der Waals surface area contributed by atoms with Crippen molar-refractivity contribution in [1.29, 1.82) is 0 Å². The summed E-state index contributed by atoms with van der Waals surface area (Å²) in [7, 11) is 4.65. The number of rotatable bonds is 13. The minimum Gasteiger partial charge on any atom is -0.508 e. The van der Waals surface area contributed by atoms with Crippen LogP contribution in [-0.2, 0) is 89.6 Å². The van der Waals surface area contributed by atoms with Crippen LogP contribution in [0.3, 0.4) is 0 Å². The summed E-state index contributed by atoms with van der Waals surface area (Å²) < 4.78 is 0. The Hall–Kier alpha value is -8.42. The monoisotopic (exact) mass is 1530 g/mol. The summed E-state index contributed by atoms with van der Waals surface area (Å²) in [6, 6.07) is -12.1. The SMILES string of the molecule is C[C@@H]1NC(=O)[C@@H]2CCCN2C(=O)[C@H](CC(=O)O)NC(=O)[C@@H]2CSSC[C@H](N)C(=O)N[C@H]3CSSC[C@H](NC1=O)C(=O)N[C@@H]([C@H](C)O)C(=O)NCC(=O)N[C@H](C(=O)N[C@@H](Cc1ccc(O)cc1)C(=O)O)CSSC[C@H](NC(=O)[C@H](Cc1ccc(O)cc1)NC(=O)[C@H](CCC(=O)O)NC3=O)C(=O)N2. The van der Waals surface area contributed by atoms with E-state index in [-0.39, 0.29) is 48.6 Å². The molecule has 4 fully saturated rings. The number of nitrogens with one attached hydrogen (secondary N) is 12. The number of nitrogens with two attached hydrogens (primary N) is 1. The van der Waals surface area contributed by atoms with Crippen molar-refractivity contribution in [2.45, 2.75) is 143 Å². The fraction of sp³-hybridized carbons (Fsp3) is 0.525. The fourth-order valence-corrected chi connectivity index (χ4v) is 17.0. The van der Waals surface area contributed by atoms with Gasteiger partial charge in [-0.25, -0.2) is 4.79 Å². The number of carboxylic acids is 3. The van der Waals surface area contributed by atoms with E-state index in [4.69, 9.17) is 5.73 Å². The molecule has 14 atom stereocenters. The van der Waals surface area contributed by atoms with E-state index in [0.29, 0.717) is 5.56 Å². The number of aliphatic hydroxyl groups is 1. The lowest BCUT2D eigenvalue weighted by Crippen LogP contribution is -2.61. The van der Waals surface area contributed by atoms with Gasteiger partial charge in [0, 0.05) is 60.3 Å². The summed E-state index contributed by atoms with van der Waals surface area (Å²) >= 11 is 0. The number of nitrogens with zero attached hydrogens (tertiary/aromatic N) is 1. The lowest BCUT2D eigenvalue weighted by molar-refractivity contribution is -0.146. The highest BCUT2D eigenvalue weighted by Gasteiger charge is 2.42. The smallest absolute Gasteiger partial charge is 0.326 e. The largest absolute Gasteiger partial charge is 0.508 e. The molecule has 0 aliphatic carbocycles. The maximum atomic E-state index is 15.1. The van der Waals surface area contributed by atoms with E-state index in [1.165, 1.54) is 55.5 Å². The zero-order chi connectivity index (χ0) is 74.2. The van der Waals surface area contributed by atoms with Gasteiger partial charge in [-0.1, -0.05) is 89.0 Å². The van der Waals surface area contributed by atoms with Crippen molar-refractivity contribution in [3.63, 3.8) is 0 Å². The molecule has 0 radical (unpaired) electrons. The molecule has 4 heterocycles. The van der Waals surface area contributed by atoms with E-state index >= 15 is 9.59 Å². The number of phenolic OH excluding ortho intramolecular Hbond substituents is 2. The number of carboxylic acid groups (broad SMARTS) is 3. The van der Waals surface area contributed by atoms with Crippen LogP contribution in [0.5, 0.6) is 11.5 Å². The first-order valence-electron chi connectivity index (χ1n) is 31.2. The van der Waals surface area contributed by atoms with E-state index in [1.807, 2.05) is 0 Å². The Balaban J connectivity index is 1.56. The van der Waals surface area contributed by atoms with Crippen molar-refractivity contribution >= 4 is 159 Å². The second-order valence-corrected chi connectivity index (χ2v) is 31.1. The van der Waals surface area contributed by atoms with E-state index in [1.54, 1.807) is 0 Å². The minimum absolute atomic E-state index is 0.0406. The normalized spacial score (nSPS) is 27.3. The van der Waals surface area contributed by atoms with Gasteiger partial charge in [-0.2, -0.15) is 0 Å². The topological polar surface area (TPSA) is 568 Å². The lowest BCUT2D eigenvalue weighted by Gasteiger charge is -2.30. The van der Waals surface area contributed by atoms with Crippen molar-refractivity contribution in [1.82, 2.24) is 68.7 Å². The number of fused-ring (bicyclic) bond motifs is 20. The standard InChI is InChI=1S/C59H78N14O22S6/c1-26-47(82)68-41-25-101-99-22-38-52(87)64-33(13-14-44(78)79)49(84)65-34(16-28-5-9-30(75)10-6-28)50(85)70-40(54(89)71-39(23-97-96-20-32(60)48(83)69-38)53(88)66-35(18-45(80)81)58(93)73-15-3-4-42(73)56(91)62-26)24-100-98-21-37(63-43(77)19-61-57(92)46(27(2)74)72-55(41)90)51(86)67-36(59(94)95)17-29-7-11-31(76)12-8-29/h5-12,26-27,32-42,46,74-76H,3-4,13-25,60H2,1-2H3,(H,61,92)(H,62,91)(H,63,77)(H,64,87)(H,65,84)(H,66,88)(H,67,86)(H,68,82)(H,69,83)(H,70,85)(H,71,89)(H,72,90)(H,78,79)(H,80,81)(H,94,95)/t26-,27-,32-,33-,34-,35-,36-,37-,38-,39-,40-,41-,42-,46-/m0/s1. The molecule has 42 heteroatoms. The first-order chi connectivity index (χ1) is 47.9. The van der Waals surface area contributed by atoms with Gasteiger partial charge in [0.05, 0.1) is 25.1 Å². The highest BCUT2D eigenvalue weighted by molar-refractivity contribution is 8.77. The lowest BCUT2D eigenvalue weighted by atomic mass is 10.0. The third kappa shape index (κ3) is 25.9. The predicted molar refractivity (Wildman–Crippen MR) is 369 cm³/mol. The van der Waals surface area contributed by atoms with Crippen LogP contribution in [-0.4, -0.2) is 262 Å². The quantitative estimate of drug-likeness (QED) is 0.0658. The first kappa shape index (κ1) is 81.5. The van der Waals surface area contributed by atoms with Gasteiger partial charge in [0.2, 0.25) is 76.8 Å². The number of carbonyl (C=O) groups is 16. The fourth-order valence-electron chi connectivity index (χ4n) is 10.0. The molecule has 4 saturated heterocycles. The molecule has 0 spiro atoms. The zero-order valence-corrected chi connectivity index (χ0v) is 58.9. The molecule has 0 unspecified atom stereocenters. The molecular weight excluding hydrogens is 1450 g/mol. The molecule has 101 heavy (non-hydrogen) atoms. The average molecular weight is 1530 g/mol. The molecule has 4 bridgehead atoms. The number of amides is 13. The number of benzene rings is 2. The summed E-state index contributed by atoms with van der Waals surface area (Å²) in [5.74, 6) is -22.6. The Morgan fingerprint density at radius 1 is 0.554 bits per heavy atom. The molecule has 36 nitrogen and oxygen atoms in total. The van der Waals surface area contributed by atoms with E-state index in [2.05, 4.69) is 63.8 Å². The minimum atomic E-state index is -1.98. The van der Waals surface area contributed by atoms with E-state index < -0.39 is 240 Å². The van der Waals surface area contributed by atoms with Crippen LogP contribution >= 0.6 is 64.8 Å². The second kappa shape index (κ2) is 39.7. The molecule has 0 saturated carbocycles. The third-order valence-corrected chi connectivity index (χ3v) is 22.8. The number of hydrogen-bond donors (Lipinski definition) is 19. The highest BCUT2D eigenvalue weighted by atomic mass is 33.1. The van der Waals surface area contributed by atoms with Gasteiger partial charge in [-0.3, -0.25) is 71.9 Å². The van der Waals surface area contributed by atoms with Gasteiger partial charge >= 0.3 is 17.9 Å². The summed E-state index contributed by atoms with van der Waals surface area (Å²) in [4.78, 5) is 226. The third-order valence-electron chi connectivity index (χ3n) is 15.5.